The number of carbonyl (C=O) groups is 1. The van der Waals surface area contributed by atoms with Crippen molar-refractivity contribution in [1.82, 2.24) is 0 Å². The monoisotopic (exact) mass is 330 g/mol. The van der Waals surface area contributed by atoms with Gasteiger partial charge in [-0.25, -0.2) is 0 Å². The maximum atomic E-state index is 12.0. The van der Waals surface area contributed by atoms with E-state index in [0.717, 1.165) is 24.3 Å². The fourth-order valence-corrected chi connectivity index (χ4v) is 4.16. The van der Waals surface area contributed by atoms with Gasteiger partial charge in [0.05, 0.1) is 14.2 Å². The molecule has 1 aliphatic rings. The zero-order chi connectivity index (χ0) is 17.7. The van der Waals surface area contributed by atoms with Gasteiger partial charge in [0, 0.05) is 11.8 Å². The van der Waals surface area contributed by atoms with Crippen molar-refractivity contribution < 1.29 is 14.3 Å². The second-order valence-electron chi connectivity index (χ2n) is 6.90. The summed E-state index contributed by atoms with van der Waals surface area (Å²) in [5.74, 6) is 2.02. The maximum Gasteiger partial charge on any atom is 0.161 e. The molecule has 0 N–H and O–H groups in total. The maximum absolute atomic E-state index is 12.0. The molecule has 2 atom stereocenters. The van der Waals surface area contributed by atoms with Gasteiger partial charge in [-0.3, -0.25) is 4.79 Å². The van der Waals surface area contributed by atoms with Crippen molar-refractivity contribution in [2.75, 3.05) is 14.2 Å². The Morgan fingerprint density at radius 1 is 1.17 bits per heavy atom. The van der Waals surface area contributed by atoms with Gasteiger partial charge < -0.3 is 9.47 Å². The third-order valence-electron chi connectivity index (χ3n) is 5.50. The standard InChI is InChI=1S/C21H30O3/c1-6-7-8-11-21(15(2)12-18(22)13-16(21)3)17-9-10-19(23-4)20(14-17)24-5/h9-10,12,14,16H,6-8,11,13H2,1-5H3. The lowest BCUT2D eigenvalue weighted by Gasteiger charge is -2.43. The number of ketones is 1. The molecule has 1 aliphatic carbocycles. The van der Waals surface area contributed by atoms with Gasteiger partial charge in [0.25, 0.3) is 0 Å². The van der Waals surface area contributed by atoms with Crippen LogP contribution in [0.3, 0.4) is 0 Å². The van der Waals surface area contributed by atoms with Crippen LogP contribution < -0.4 is 9.47 Å². The Kier molecular flexibility index (Phi) is 6.09. The number of hydrogen-bond donors (Lipinski definition) is 0. The summed E-state index contributed by atoms with van der Waals surface area (Å²) in [5, 5.41) is 0. The SMILES string of the molecule is CCCCCC1(c2ccc(OC)c(OC)c2)C(C)=CC(=O)CC1C. The smallest absolute Gasteiger partial charge is 0.161 e. The molecule has 0 amide bonds. The van der Waals surface area contributed by atoms with E-state index < -0.39 is 0 Å². The van der Waals surface area contributed by atoms with Crippen LogP contribution in [0.1, 0.15) is 58.4 Å². The molecular formula is C21H30O3. The Balaban J connectivity index is 2.54. The number of hydrogen-bond acceptors (Lipinski definition) is 3. The Labute approximate surface area is 146 Å². The quantitative estimate of drug-likeness (QED) is 0.654. The molecule has 3 heteroatoms. The van der Waals surface area contributed by atoms with Crippen LogP contribution in [0.25, 0.3) is 0 Å². The van der Waals surface area contributed by atoms with Crippen LogP contribution in [0.2, 0.25) is 0 Å². The first-order valence-corrected chi connectivity index (χ1v) is 8.93. The summed E-state index contributed by atoms with van der Waals surface area (Å²) in [6, 6.07) is 6.21. The normalized spacial score (nSPS) is 23.8. The summed E-state index contributed by atoms with van der Waals surface area (Å²) in [5.41, 5.74) is 2.31. The van der Waals surface area contributed by atoms with Crippen LogP contribution in [0.15, 0.2) is 29.8 Å². The van der Waals surface area contributed by atoms with Crippen molar-refractivity contribution in [1.29, 1.82) is 0 Å². The first kappa shape index (κ1) is 18.6. The largest absolute Gasteiger partial charge is 0.493 e. The van der Waals surface area contributed by atoms with E-state index in [-0.39, 0.29) is 17.1 Å². The van der Waals surface area contributed by atoms with E-state index in [2.05, 4.69) is 32.9 Å². The predicted octanol–water partition coefficient (Wildman–Crippen LogP) is 5.08. The number of carbonyl (C=O) groups excluding carboxylic acids is 1. The molecule has 0 bridgehead atoms. The lowest BCUT2D eigenvalue weighted by Crippen LogP contribution is -2.39. The molecule has 24 heavy (non-hydrogen) atoms. The topological polar surface area (TPSA) is 35.5 Å². The van der Waals surface area contributed by atoms with E-state index in [4.69, 9.17) is 9.47 Å². The summed E-state index contributed by atoms with van der Waals surface area (Å²) >= 11 is 0. The molecule has 0 saturated heterocycles. The number of unbranched alkanes of at least 4 members (excludes halogenated alkanes) is 2. The summed E-state index contributed by atoms with van der Waals surface area (Å²) in [6.45, 7) is 6.53. The Hall–Kier alpha value is -1.77. The molecule has 0 aromatic heterocycles. The van der Waals surface area contributed by atoms with Crippen LogP contribution in [0.5, 0.6) is 11.5 Å². The number of allylic oxidation sites excluding steroid dienone is 2. The zero-order valence-electron chi connectivity index (χ0n) is 15.6. The molecule has 0 heterocycles. The summed E-state index contributed by atoms with van der Waals surface area (Å²) < 4.78 is 10.9. The van der Waals surface area contributed by atoms with Crippen molar-refractivity contribution in [2.24, 2.45) is 5.92 Å². The average molecular weight is 330 g/mol. The van der Waals surface area contributed by atoms with Crippen molar-refractivity contribution in [3.8, 4) is 11.5 Å². The second kappa shape index (κ2) is 7.87. The summed E-state index contributed by atoms with van der Waals surface area (Å²) in [7, 11) is 3.32. The molecule has 3 nitrogen and oxygen atoms in total. The molecule has 132 valence electrons. The van der Waals surface area contributed by atoms with Crippen LogP contribution in [-0.2, 0) is 10.2 Å². The lowest BCUT2D eigenvalue weighted by atomic mass is 9.60. The highest BCUT2D eigenvalue weighted by Crippen LogP contribution is 2.49. The lowest BCUT2D eigenvalue weighted by molar-refractivity contribution is -0.116. The van der Waals surface area contributed by atoms with Gasteiger partial charge >= 0.3 is 0 Å². The molecule has 2 unspecified atom stereocenters. The van der Waals surface area contributed by atoms with E-state index in [1.807, 2.05) is 12.1 Å². The molecule has 0 saturated carbocycles. The van der Waals surface area contributed by atoms with E-state index >= 15 is 0 Å². The van der Waals surface area contributed by atoms with Gasteiger partial charge in [-0.2, -0.15) is 0 Å². The minimum atomic E-state index is -0.0946. The van der Waals surface area contributed by atoms with Crippen molar-refractivity contribution in [3.63, 3.8) is 0 Å². The number of methoxy groups -OCH3 is 2. The zero-order valence-corrected chi connectivity index (χ0v) is 15.6. The summed E-state index contributed by atoms with van der Waals surface area (Å²) in [6.07, 6.45) is 7.09. The van der Waals surface area contributed by atoms with Gasteiger partial charge in [0.1, 0.15) is 0 Å². The van der Waals surface area contributed by atoms with E-state index in [0.29, 0.717) is 6.42 Å². The van der Waals surface area contributed by atoms with Crippen LogP contribution in [0, 0.1) is 5.92 Å². The predicted molar refractivity (Wildman–Crippen MR) is 97.9 cm³/mol. The van der Waals surface area contributed by atoms with Crippen LogP contribution in [-0.4, -0.2) is 20.0 Å². The molecule has 1 aromatic carbocycles. The highest BCUT2D eigenvalue weighted by Gasteiger charge is 2.42. The first-order chi connectivity index (χ1) is 11.5. The molecular weight excluding hydrogens is 300 g/mol. The molecule has 0 fully saturated rings. The first-order valence-electron chi connectivity index (χ1n) is 8.93. The van der Waals surface area contributed by atoms with Crippen molar-refractivity contribution in [3.05, 3.63) is 35.4 Å². The molecule has 2 rings (SSSR count). The Morgan fingerprint density at radius 2 is 1.88 bits per heavy atom. The van der Waals surface area contributed by atoms with Gasteiger partial charge in [0.2, 0.25) is 0 Å². The van der Waals surface area contributed by atoms with Gasteiger partial charge in [-0.1, -0.05) is 44.7 Å². The van der Waals surface area contributed by atoms with Crippen molar-refractivity contribution in [2.45, 2.75) is 58.3 Å². The summed E-state index contributed by atoms with van der Waals surface area (Å²) in [4.78, 5) is 12.0. The molecule has 0 spiro atoms. The highest BCUT2D eigenvalue weighted by molar-refractivity contribution is 5.92. The van der Waals surface area contributed by atoms with E-state index in [1.54, 1.807) is 14.2 Å². The highest BCUT2D eigenvalue weighted by atomic mass is 16.5. The van der Waals surface area contributed by atoms with E-state index in [1.165, 1.54) is 24.0 Å². The number of ether oxygens (including phenoxy) is 2. The molecule has 1 aromatic rings. The Bertz CT molecular complexity index is 618. The van der Waals surface area contributed by atoms with E-state index in [9.17, 15) is 4.79 Å². The molecule has 0 radical (unpaired) electrons. The minimum Gasteiger partial charge on any atom is -0.493 e. The minimum absolute atomic E-state index is 0.0946. The fraction of sp³-hybridized carbons (Fsp3) is 0.571. The van der Waals surface area contributed by atoms with Gasteiger partial charge in [0.15, 0.2) is 17.3 Å². The number of rotatable bonds is 7. The Morgan fingerprint density at radius 3 is 2.46 bits per heavy atom. The number of benzene rings is 1. The van der Waals surface area contributed by atoms with Gasteiger partial charge in [-0.15, -0.1) is 0 Å². The fourth-order valence-electron chi connectivity index (χ4n) is 4.16. The average Bonchev–Trinajstić information content (AvgIpc) is 2.57. The van der Waals surface area contributed by atoms with Crippen LogP contribution >= 0.6 is 0 Å². The van der Waals surface area contributed by atoms with Crippen LogP contribution in [0.4, 0.5) is 0 Å². The van der Waals surface area contributed by atoms with Gasteiger partial charge in [-0.05, 0) is 43.0 Å². The third-order valence-corrected chi connectivity index (χ3v) is 5.50. The second-order valence-corrected chi connectivity index (χ2v) is 6.90. The molecule has 0 aliphatic heterocycles. The third kappa shape index (κ3) is 3.35. The van der Waals surface area contributed by atoms with Crippen molar-refractivity contribution >= 4 is 5.78 Å².